The quantitative estimate of drug-likeness (QED) is 0.767. The zero-order valence-corrected chi connectivity index (χ0v) is 12.5. The Morgan fingerprint density at radius 2 is 1.81 bits per heavy atom. The SMILES string of the molecule is CNCc1sc(-c2cccc(O)c2)nc1-c1ccccc1. The van der Waals surface area contributed by atoms with Crippen LogP contribution < -0.4 is 5.32 Å². The van der Waals surface area contributed by atoms with Crippen LogP contribution in [-0.2, 0) is 6.54 Å². The third kappa shape index (κ3) is 2.96. The van der Waals surface area contributed by atoms with E-state index in [0.29, 0.717) is 0 Å². The number of nitrogens with one attached hydrogen (secondary N) is 1. The van der Waals surface area contributed by atoms with Crippen molar-refractivity contribution < 1.29 is 5.11 Å². The Morgan fingerprint density at radius 1 is 1.05 bits per heavy atom. The molecule has 0 fully saturated rings. The molecule has 21 heavy (non-hydrogen) atoms. The van der Waals surface area contributed by atoms with E-state index in [2.05, 4.69) is 17.4 Å². The van der Waals surface area contributed by atoms with Crippen molar-refractivity contribution in [2.45, 2.75) is 6.54 Å². The maximum Gasteiger partial charge on any atom is 0.124 e. The molecule has 0 aliphatic carbocycles. The van der Waals surface area contributed by atoms with Crippen molar-refractivity contribution in [3.05, 3.63) is 59.5 Å². The van der Waals surface area contributed by atoms with Gasteiger partial charge < -0.3 is 10.4 Å². The molecule has 0 atom stereocenters. The average molecular weight is 296 g/mol. The smallest absolute Gasteiger partial charge is 0.124 e. The molecule has 3 aromatic rings. The predicted molar refractivity (Wildman–Crippen MR) is 87.4 cm³/mol. The van der Waals surface area contributed by atoms with E-state index in [1.165, 1.54) is 4.88 Å². The summed E-state index contributed by atoms with van der Waals surface area (Å²) in [5.74, 6) is 0.263. The van der Waals surface area contributed by atoms with Crippen molar-refractivity contribution in [1.82, 2.24) is 10.3 Å². The minimum Gasteiger partial charge on any atom is -0.508 e. The molecule has 0 saturated heterocycles. The van der Waals surface area contributed by atoms with E-state index < -0.39 is 0 Å². The van der Waals surface area contributed by atoms with Gasteiger partial charge in [-0.15, -0.1) is 11.3 Å². The summed E-state index contributed by atoms with van der Waals surface area (Å²) < 4.78 is 0. The summed E-state index contributed by atoms with van der Waals surface area (Å²) in [4.78, 5) is 5.97. The number of rotatable bonds is 4. The van der Waals surface area contributed by atoms with Crippen molar-refractivity contribution in [3.63, 3.8) is 0 Å². The molecule has 0 aliphatic heterocycles. The molecule has 3 rings (SSSR count). The van der Waals surface area contributed by atoms with Crippen LogP contribution in [0.1, 0.15) is 4.88 Å². The van der Waals surface area contributed by atoms with E-state index >= 15 is 0 Å². The van der Waals surface area contributed by atoms with Crippen molar-refractivity contribution in [2.75, 3.05) is 7.05 Å². The first kappa shape index (κ1) is 13.8. The van der Waals surface area contributed by atoms with Crippen LogP contribution in [0.25, 0.3) is 21.8 Å². The fourth-order valence-corrected chi connectivity index (χ4v) is 3.31. The Morgan fingerprint density at radius 3 is 2.52 bits per heavy atom. The number of hydrogen-bond acceptors (Lipinski definition) is 4. The highest BCUT2D eigenvalue weighted by Gasteiger charge is 2.13. The van der Waals surface area contributed by atoms with E-state index in [9.17, 15) is 5.11 Å². The van der Waals surface area contributed by atoms with E-state index in [-0.39, 0.29) is 5.75 Å². The lowest BCUT2D eigenvalue weighted by atomic mass is 10.1. The van der Waals surface area contributed by atoms with Gasteiger partial charge in [0.05, 0.1) is 5.69 Å². The number of phenolic OH excluding ortho intramolecular Hbond substituents is 1. The second-order valence-corrected chi connectivity index (χ2v) is 5.82. The highest BCUT2D eigenvalue weighted by Crippen LogP contribution is 2.34. The van der Waals surface area contributed by atoms with Crippen LogP contribution in [-0.4, -0.2) is 17.1 Å². The van der Waals surface area contributed by atoms with Gasteiger partial charge >= 0.3 is 0 Å². The fourth-order valence-electron chi connectivity index (χ4n) is 2.22. The molecule has 0 radical (unpaired) electrons. The molecule has 2 N–H and O–H groups in total. The molecule has 3 nitrogen and oxygen atoms in total. The first-order valence-electron chi connectivity index (χ1n) is 6.77. The second-order valence-electron chi connectivity index (χ2n) is 4.74. The van der Waals surface area contributed by atoms with Crippen molar-refractivity contribution in [2.24, 2.45) is 0 Å². The van der Waals surface area contributed by atoms with Gasteiger partial charge in [0, 0.05) is 22.5 Å². The van der Waals surface area contributed by atoms with Gasteiger partial charge in [-0.1, -0.05) is 42.5 Å². The largest absolute Gasteiger partial charge is 0.508 e. The van der Waals surface area contributed by atoms with Crippen LogP contribution in [0.5, 0.6) is 5.75 Å². The second kappa shape index (κ2) is 6.08. The molecule has 0 amide bonds. The fraction of sp³-hybridized carbons (Fsp3) is 0.118. The van der Waals surface area contributed by atoms with Gasteiger partial charge in [-0.25, -0.2) is 4.98 Å². The molecule has 0 unspecified atom stereocenters. The van der Waals surface area contributed by atoms with E-state index in [4.69, 9.17) is 4.98 Å². The summed E-state index contributed by atoms with van der Waals surface area (Å²) in [6, 6.07) is 17.4. The minimum absolute atomic E-state index is 0.263. The third-order valence-corrected chi connectivity index (χ3v) is 4.28. The maximum atomic E-state index is 9.64. The number of benzene rings is 2. The zero-order chi connectivity index (χ0) is 14.7. The normalized spacial score (nSPS) is 10.7. The van der Waals surface area contributed by atoms with E-state index in [1.54, 1.807) is 23.5 Å². The number of phenols is 1. The lowest BCUT2D eigenvalue weighted by molar-refractivity contribution is 0.475. The molecule has 0 aliphatic rings. The Bertz CT molecular complexity index is 738. The zero-order valence-electron chi connectivity index (χ0n) is 11.7. The third-order valence-electron chi connectivity index (χ3n) is 3.18. The van der Waals surface area contributed by atoms with Gasteiger partial charge in [0.1, 0.15) is 10.8 Å². The number of thiazole rings is 1. The molecular formula is C17H16N2OS. The molecule has 0 saturated carbocycles. The van der Waals surface area contributed by atoms with E-state index in [0.717, 1.165) is 28.4 Å². The summed E-state index contributed by atoms with van der Waals surface area (Å²) in [5, 5.41) is 13.8. The van der Waals surface area contributed by atoms with Crippen LogP contribution in [0.2, 0.25) is 0 Å². The minimum atomic E-state index is 0.263. The number of aromatic nitrogens is 1. The van der Waals surface area contributed by atoms with Gasteiger partial charge in [-0.05, 0) is 19.2 Å². The number of nitrogens with zero attached hydrogens (tertiary/aromatic N) is 1. The van der Waals surface area contributed by atoms with Crippen molar-refractivity contribution >= 4 is 11.3 Å². The molecule has 1 heterocycles. The monoisotopic (exact) mass is 296 g/mol. The highest BCUT2D eigenvalue weighted by molar-refractivity contribution is 7.15. The van der Waals surface area contributed by atoms with Gasteiger partial charge in [0.15, 0.2) is 0 Å². The van der Waals surface area contributed by atoms with Crippen LogP contribution in [0.15, 0.2) is 54.6 Å². The molecule has 106 valence electrons. The van der Waals surface area contributed by atoms with Crippen LogP contribution in [0.3, 0.4) is 0 Å². The van der Waals surface area contributed by atoms with Crippen LogP contribution in [0, 0.1) is 0 Å². The topological polar surface area (TPSA) is 45.1 Å². The summed E-state index contributed by atoms with van der Waals surface area (Å²) in [6.45, 7) is 0.778. The van der Waals surface area contributed by atoms with Gasteiger partial charge in [-0.2, -0.15) is 0 Å². The molecule has 0 spiro atoms. The van der Waals surface area contributed by atoms with Crippen LogP contribution in [0.4, 0.5) is 0 Å². The Labute approximate surface area is 127 Å². The summed E-state index contributed by atoms with van der Waals surface area (Å²) in [7, 11) is 1.93. The molecule has 1 aromatic heterocycles. The standard InChI is InChI=1S/C17H16N2OS/c1-18-11-15-16(12-6-3-2-4-7-12)19-17(21-15)13-8-5-9-14(20)10-13/h2-10,18,20H,11H2,1H3. The summed E-state index contributed by atoms with van der Waals surface area (Å²) in [5.41, 5.74) is 3.07. The van der Waals surface area contributed by atoms with Crippen LogP contribution >= 0.6 is 11.3 Å². The van der Waals surface area contributed by atoms with Gasteiger partial charge in [0.25, 0.3) is 0 Å². The van der Waals surface area contributed by atoms with Crippen molar-refractivity contribution in [1.29, 1.82) is 0 Å². The maximum absolute atomic E-state index is 9.64. The van der Waals surface area contributed by atoms with E-state index in [1.807, 2.05) is 37.4 Å². The van der Waals surface area contributed by atoms with Gasteiger partial charge in [0.2, 0.25) is 0 Å². The Balaban J connectivity index is 2.08. The number of hydrogen-bond donors (Lipinski definition) is 2. The lowest BCUT2D eigenvalue weighted by Gasteiger charge is -2.00. The lowest BCUT2D eigenvalue weighted by Crippen LogP contribution is -2.04. The molecule has 2 aromatic carbocycles. The van der Waals surface area contributed by atoms with Crippen molar-refractivity contribution in [3.8, 4) is 27.6 Å². The Hall–Kier alpha value is -2.17. The highest BCUT2D eigenvalue weighted by atomic mass is 32.1. The average Bonchev–Trinajstić information content (AvgIpc) is 2.93. The summed E-state index contributed by atoms with van der Waals surface area (Å²) in [6.07, 6.45) is 0. The predicted octanol–water partition coefficient (Wildman–Crippen LogP) is 3.90. The first-order chi connectivity index (χ1) is 10.3. The first-order valence-corrected chi connectivity index (χ1v) is 7.58. The Kier molecular flexibility index (Phi) is 3.99. The molecular weight excluding hydrogens is 280 g/mol. The molecule has 0 bridgehead atoms. The van der Waals surface area contributed by atoms with Gasteiger partial charge in [-0.3, -0.25) is 0 Å². The summed E-state index contributed by atoms with van der Waals surface area (Å²) >= 11 is 1.66. The molecule has 4 heteroatoms. The number of aromatic hydroxyl groups is 1.